The van der Waals surface area contributed by atoms with E-state index in [1.165, 1.54) is 0 Å². The lowest BCUT2D eigenvalue weighted by Crippen LogP contribution is -2.46. The van der Waals surface area contributed by atoms with Crippen molar-refractivity contribution in [2.45, 2.75) is 58.3 Å². The molecule has 100 valence electrons. The predicted molar refractivity (Wildman–Crippen MR) is 66.4 cm³/mol. The molecule has 1 aromatic rings. The van der Waals surface area contributed by atoms with E-state index < -0.39 is 0 Å². The van der Waals surface area contributed by atoms with Crippen LogP contribution in [0.1, 0.15) is 50.4 Å². The number of ether oxygens (including phenoxy) is 1. The summed E-state index contributed by atoms with van der Waals surface area (Å²) < 4.78 is 10.9. The van der Waals surface area contributed by atoms with Crippen molar-refractivity contribution in [1.82, 2.24) is 10.5 Å². The number of hydrogen-bond donors (Lipinski definition) is 1. The van der Waals surface area contributed by atoms with Crippen molar-refractivity contribution in [3.05, 3.63) is 17.5 Å². The Hall–Kier alpha value is -1.36. The van der Waals surface area contributed by atoms with Crippen LogP contribution in [-0.4, -0.2) is 28.3 Å². The molecule has 1 aliphatic heterocycles. The number of rotatable bonds is 2. The molecule has 0 bridgehead atoms. The predicted octanol–water partition coefficient (Wildman–Crippen LogP) is 2.06. The maximum absolute atomic E-state index is 12.0. The highest BCUT2D eigenvalue weighted by molar-refractivity contribution is 5.91. The van der Waals surface area contributed by atoms with Crippen molar-refractivity contribution in [2.75, 3.05) is 0 Å². The number of hydrogen-bond acceptors (Lipinski definition) is 4. The lowest BCUT2D eigenvalue weighted by Gasteiger charge is -2.27. The van der Waals surface area contributed by atoms with Gasteiger partial charge in [0.05, 0.1) is 22.9 Å². The van der Waals surface area contributed by atoms with Crippen molar-refractivity contribution in [2.24, 2.45) is 0 Å². The van der Waals surface area contributed by atoms with Crippen LogP contribution >= 0.6 is 0 Å². The van der Waals surface area contributed by atoms with Gasteiger partial charge in [-0.05, 0) is 41.0 Å². The molecular weight excluding hydrogens is 232 g/mol. The monoisotopic (exact) mass is 252 g/mol. The zero-order valence-electron chi connectivity index (χ0n) is 11.5. The van der Waals surface area contributed by atoms with E-state index in [1.54, 1.807) is 13.0 Å². The smallest absolute Gasteiger partial charge is 0.290 e. The third kappa shape index (κ3) is 2.56. The van der Waals surface area contributed by atoms with Gasteiger partial charge in [-0.2, -0.15) is 0 Å². The molecule has 1 atom stereocenters. The van der Waals surface area contributed by atoms with Crippen molar-refractivity contribution < 1.29 is 14.1 Å². The van der Waals surface area contributed by atoms with E-state index in [2.05, 4.69) is 10.5 Å². The highest BCUT2D eigenvalue weighted by Gasteiger charge is 2.46. The number of nitrogens with one attached hydrogen (secondary N) is 1. The molecule has 5 heteroatoms. The minimum atomic E-state index is -0.381. The average molecular weight is 252 g/mol. The minimum absolute atomic E-state index is 0.0367. The molecule has 0 radical (unpaired) electrons. The third-order valence-corrected chi connectivity index (χ3v) is 3.23. The molecule has 1 aliphatic rings. The van der Waals surface area contributed by atoms with Crippen LogP contribution in [0.4, 0.5) is 0 Å². The Kier molecular flexibility index (Phi) is 2.97. The minimum Gasteiger partial charge on any atom is -0.367 e. The number of carbonyl (C=O) groups is 1. The second-order valence-electron chi connectivity index (χ2n) is 6.03. The van der Waals surface area contributed by atoms with Gasteiger partial charge in [-0.15, -0.1) is 0 Å². The van der Waals surface area contributed by atoms with Crippen molar-refractivity contribution in [3.8, 4) is 0 Å². The van der Waals surface area contributed by atoms with Crippen LogP contribution < -0.4 is 5.32 Å². The van der Waals surface area contributed by atoms with Gasteiger partial charge in [-0.3, -0.25) is 4.79 Å². The van der Waals surface area contributed by atoms with E-state index in [-0.39, 0.29) is 28.9 Å². The van der Waals surface area contributed by atoms with Crippen LogP contribution in [0, 0.1) is 6.92 Å². The third-order valence-electron chi connectivity index (χ3n) is 3.23. The first-order chi connectivity index (χ1) is 8.20. The van der Waals surface area contributed by atoms with E-state index in [1.807, 2.05) is 27.7 Å². The van der Waals surface area contributed by atoms with Gasteiger partial charge in [0.25, 0.3) is 5.91 Å². The lowest BCUT2D eigenvalue weighted by atomic mass is 9.94. The van der Waals surface area contributed by atoms with Crippen molar-refractivity contribution >= 4 is 5.91 Å². The molecule has 18 heavy (non-hydrogen) atoms. The van der Waals surface area contributed by atoms with Gasteiger partial charge in [0, 0.05) is 6.07 Å². The topological polar surface area (TPSA) is 64.4 Å². The summed E-state index contributed by atoms with van der Waals surface area (Å²) in [4.78, 5) is 12.0. The maximum atomic E-state index is 12.0. The van der Waals surface area contributed by atoms with Crippen molar-refractivity contribution in [1.29, 1.82) is 0 Å². The van der Waals surface area contributed by atoms with Gasteiger partial charge in [-0.25, -0.2) is 0 Å². The fraction of sp³-hybridized carbons (Fsp3) is 0.692. The van der Waals surface area contributed by atoms with E-state index in [4.69, 9.17) is 9.26 Å². The summed E-state index contributed by atoms with van der Waals surface area (Å²) in [5, 5.41) is 6.67. The van der Waals surface area contributed by atoms with Crippen LogP contribution in [0.3, 0.4) is 0 Å². The Morgan fingerprint density at radius 2 is 2.11 bits per heavy atom. The van der Waals surface area contributed by atoms with E-state index >= 15 is 0 Å². The Balaban J connectivity index is 2.08. The fourth-order valence-corrected chi connectivity index (χ4v) is 2.49. The first kappa shape index (κ1) is 13.1. The summed E-state index contributed by atoms with van der Waals surface area (Å²) in [6.45, 7) is 9.81. The first-order valence-electron chi connectivity index (χ1n) is 6.14. The molecule has 2 heterocycles. The number of carbonyl (C=O) groups excluding carboxylic acids is 1. The molecule has 5 nitrogen and oxygen atoms in total. The Morgan fingerprint density at radius 1 is 1.44 bits per heavy atom. The van der Waals surface area contributed by atoms with E-state index in [0.29, 0.717) is 5.69 Å². The first-order valence-corrected chi connectivity index (χ1v) is 6.14. The molecule has 0 unspecified atom stereocenters. The summed E-state index contributed by atoms with van der Waals surface area (Å²) in [7, 11) is 0. The normalized spacial score (nSPS) is 25.1. The molecule has 1 saturated heterocycles. The molecule has 1 amide bonds. The molecule has 0 saturated carbocycles. The van der Waals surface area contributed by atoms with Gasteiger partial charge in [0.2, 0.25) is 5.76 Å². The summed E-state index contributed by atoms with van der Waals surface area (Å²) in [5.41, 5.74) is 0.0925. The number of aryl methyl sites for hydroxylation is 1. The second kappa shape index (κ2) is 4.09. The summed E-state index contributed by atoms with van der Waals surface area (Å²) in [5.74, 6) is 0.00276. The highest BCUT2D eigenvalue weighted by Crippen LogP contribution is 2.37. The van der Waals surface area contributed by atoms with Gasteiger partial charge in [0.1, 0.15) is 0 Å². The Bertz CT molecular complexity index is 463. The van der Waals surface area contributed by atoms with Gasteiger partial charge in [-0.1, -0.05) is 5.16 Å². The molecule has 2 rings (SSSR count). The van der Waals surface area contributed by atoms with Crippen LogP contribution in [-0.2, 0) is 4.74 Å². The van der Waals surface area contributed by atoms with E-state index in [9.17, 15) is 4.79 Å². The zero-order chi connectivity index (χ0) is 13.6. The SMILES string of the molecule is Cc1cc(C(=O)N[C@H]2CC(C)(C)OC2(C)C)on1. The highest BCUT2D eigenvalue weighted by atomic mass is 16.5. The summed E-state index contributed by atoms with van der Waals surface area (Å²) in [6.07, 6.45) is 0.777. The zero-order valence-corrected chi connectivity index (χ0v) is 11.5. The summed E-state index contributed by atoms with van der Waals surface area (Å²) in [6, 6.07) is 1.59. The molecule has 0 spiro atoms. The standard InChI is InChI=1S/C13H20N2O3/c1-8-6-9(17-15-8)11(16)14-10-7-12(2,3)18-13(10,4)5/h6,10H,7H2,1-5H3,(H,14,16)/t10-/m0/s1. The molecule has 1 aromatic heterocycles. The van der Waals surface area contributed by atoms with Crippen LogP contribution in [0.15, 0.2) is 10.6 Å². The average Bonchev–Trinajstić information content (AvgIpc) is 2.68. The van der Waals surface area contributed by atoms with Crippen LogP contribution in [0.2, 0.25) is 0 Å². The van der Waals surface area contributed by atoms with Crippen molar-refractivity contribution in [3.63, 3.8) is 0 Å². The largest absolute Gasteiger partial charge is 0.367 e. The van der Waals surface area contributed by atoms with Gasteiger partial charge < -0.3 is 14.6 Å². The number of aromatic nitrogens is 1. The second-order valence-corrected chi connectivity index (χ2v) is 6.03. The van der Waals surface area contributed by atoms with Crippen LogP contribution in [0.5, 0.6) is 0 Å². The molecule has 0 aromatic carbocycles. The van der Waals surface area contributed by atoms with E-state index in [0.717, 1.165) is 6.42 Å². The Morgan fingerprint density at radius 3 is 2.56 bits per heavy atom. The molecule has 1 N–H and O–H groups in total. The molecule has 0 aliphatic carbocycles. The fourth-order valence-electron chi connectivity index (χ4n) is 2.49. The Labute approximate surface area is 107 Å². The molecular formula is C13H20N2O3. The number of nitrogens with zero attached hydrogens (tertiary/aromatic N) is 1. The van der Waals surface area contributed by atoms with Crippen LogP contribution in [0.25, 0.3) is 0 Å². The van der Waals surface area contributed by atoms with Gasteiger partial charge >= 0.3 is 0 Å². The summed E-state index contributed by atoms with van der Waals surface area (Å²) >= 11 is 0. The van der Waals surface area contributed by atoms with Gasteiger partial charge in [0.15, 0.2) is 0 Å². The quantitative estimate of drug-likeness (QED) is 0.875. The number of amides is 1. The maximum Gasteiger partial charge on any atom is 0.290 e. The lowest BCUT2D eigenvalue weighted by molar-refractivity contribution is -0.0693. The molecule has 1 fully saturated rings.